The van der Waals surface area contributed by atoms with Crippen LogP contribution in [-0.2, 0) is 5.88 Å². The van der Waals surface area contributed by atoms with Crippen LogP contribution < -0.4 is 4.74 Å². The van der Waals surface area contributed by atoms with E-state index in [1.165, 1.54) is 6.42 Å². The average Bonchev–Trinajstić information content (AvgIpc) is 2.71. The van der Waals surface area contributed by atoms with E-state index in [2.05, 4.69) is 18.8 Å². The van der Waals surface area contributed by atoms with Crippen molar-refractivity contribution < 1.29 is 9.15 Å². The van der Waals surface area contributed by atoms with Crippen molar-refractivity contribution in [2.45, 2.75) is 45.1 Å². The van der Waals surface area contributed by atoms with E-state index in [0.29, 0.717) is 17.9 Å². The topological polar surface area (TPSA) is 35.3 Å². The zero-order chi connectivity index (χ0) is 11.5. The van der Waals surface area contributed by atoms with Crippen molar-refractivity contribution in [3.63, 3.8) is 0 Å². The molecule has 2 rings (SSSR count). The molecule has 1 aliphatic rings. The molecular formula is C12H18ClNO2. The first-order valence-electron chi connectivity index (χ1n) is 5.86. The molecule has 1 aromatic heterocycles. The van der Waals surface area contributed by atoms with Gasteiger partial charge in [-0.1, -0.05) is 13.8 Å². The van der Waals surface area contributed by atoms with Crippen molar-refractivity contribution in [2.24, 2.45) is 11.8 Å². The number of rotatable bonds is 3. The predicted octanol–water partition coefficient (Wildman–Crippen LogP) is 3.62. The Balaban J connectivity index is 1.90. The van der Waals surface area contributed by atoms with E-state index in [1.54, 1.807) is 6.26 Å². The van der Waals surface area contributed by atoms with Gasteiger partial charge in [0, 0.05) is 0 Å². The molecule has 0 aliphatic heterocycles. The second-order valence-electron chi connectivity index (χ2n) is 4.75. The van der Waals surface area contributed by atoms with Crippen LogP contribution in [0.25, 0.3) is 0 Å². The maximum Gasteiger partial charge on any atom is 0.394 e. The van der Waals surface area contributed by atoms with Gasteiger partial charge in [-0.2, -0.15) is 4.98 Å². The van der Waals surface area contributed by atoms with Gasteiger partial charge in [-0.15, -0.1) is 11.6 Å². The first-order chi connectivity index (χ1) is 7.69. The van der Waals surface area contributed by atoms with E-state index in [0.717, 1.165) is 24.5 Å². The maximum atomic E-state index is 5.72. The Kier molecular flexibility index (Phi) is 3.74. The number of halogens is 1. The molecule has 3 atom stereocenters. The summed E-state index contributed by atoms with van der Waals surface area (Å²) in [5.41, 5.74) is 0.730. The van der Waals surface area contributed by atoms with Crippen molar-refractivity contribution in [2.75, 3.05) is 0 Å². The molecule has 1 fully saturated rings. The minimum absolute atomic E-state index is 0.244. The zero-order valence-corrected chi connectivity index (χ0v) is 10.5. The van der Waals surface area contributed by atoms with E-state index >= 15 is 0 Å². The Labute approximate surface area is 101 Å². The molecule has 0 bridgehead atoms. The molecule has 0 spiro atoms. The molecule has 0 N–H and O–H groups in total. The van der Waals surface area contributed by atoms with Gasteiger partial charge in [0.2, 0.25) is 0 Å². The zero-order valence-electron chi connectivity index (χ0n) is 9.78. The van der Waals surface area contributed by atoms with Crippen LogP contribution in [0.15, 0.2) is 10.7 Å². The Morgan fingerprint density at radius 3 is 2.88 bits per heavy atom. The van der Waals surface area contributed by atoms with Crippen LogP contribution in [0.5, 0.6) is 6.08 Å². The first kappa shape index (κ1) is 11.8. The van der Waals surface area contributed by atoms with E-state index in [1.807, 2.05) is 0 Å². The summed E-state index contributed by atoms with van der Waals surface area (Å²) in [4.78, 5) is 4.15. The quantitative estimate of drug-likeness (QED) is 0.761. The van der Waals surface area contributed by atoms with Gasteiger partial charge >= 0.3 is 6.08 Å². The Morgan fingerprint density at radius 1 is 1.44 bits per heavy atom. The average molecular weight is 244 g/mol. The van der Waals surface area contributed by atoms with Gasteiger partial charge in [-0.05, 0) is 31.1 Å². The number of oxazole rings is 1. The molecule has 1 aliphatic carbocycles. The number of ether oxygens (including phenoxy) is 1. The third kappa shape index (κ3) is 2.70. The lowest BCUT2D eigenvalue weighted by atomic mass is 9.80. The molecule has 90 valence electrons. The minimum Gasteiger partial charge on any atom is -0.447 e. The van der Waals surface area contributed by atoms with Crippen LogP contribution in [0.4, 0.5) is 0 Å². The van der Waals surface area contributed by atoms with Crippen molar-refractivity contribution >= 4 is 11.6 Å². The summed E-state index contributed by atoms with van der Waals surface area (Å²) >= 11 is 5.65. The highest BCUT2D eigenvalue weighted by Gasteiger charge is 2.26. The second kappa shape index (κ2) is 5.09. The van der Waals surface area contributed by atoms with Crippen molar-refractivity contribution in [1.82, 2.24) is 4.98 Å². The molecule has 1 saturated carbocycles. The SMILES string of the molecule is CC1CCC(Oc2nc(CCl)co2)CC1C. The van der Waals surface area contributed by atoms with Crippen LogP contribution >= 0.6 is 11.6 Å². The third-order valence-electron chi connectivity index (χ3n) is 3.49. The second-order valence-corrected chi connectivity index (χ2v) is 5.01. The molecule has 3 nitrogen and oxygen atoms in total. The highest BCUT2D eigenvalue weighted by molar-refractivity contribution is 6.16. The van der Waals surface area contributed by atoms with Crippen molar-refractivity contribution in [3.8, 4) is 6.08 Å². The fraction of sp³-hybridized carbons (Fsp3) is 0.750. The first-order valence-corrected chi connectivity index (χ1v) is 6.39. The maximum absolute atomic E-state index is 5.72. The Morgan fingerprint density at radius 2 is 2.25 bits per heavy atom. The highest BCUT2D eigenvalue weighted by Crippen LogP contribution is 2.31. The van der Waals surface area contributed by atoms with Gasteiger partial charge in [-0.3, -0.25) is 0 Å². The van der Waals surface area contributed by atoms with Crippen LogP contribution in [-0.4, -0.2) is 11.1 Å². The summed E-state index contributed by atoms with van der Waals surface area (Å²) in [5, 5.41) is 0. The summed E-state index contributed by atoms with van der Waals surface area (Å²) in [5.74, 6) is 1.87. The number of alkyl halides is 1. The molecule has 4 heteroatoms. The van der Waals surface area contributed by atoms with Gasteiger partial charge in [0.25, 0.3) is 0 Å². The smallest absolute Gasteiger partial charge is 0.394 e. The fourth-order valence-corrected chi connectivity index (χ4v) is 2.27. The van der Waals surface area contributed by atoms with Crippen LogP contribution in [0, 0.1) is 11.8 Å². The van der Waals surface area contributed by atoms with E-state index in [4.69, 9.17) is 20.8 Å². The lowest BCUT2D eigenvalue weighted by Crippen LogP contribution is -2.28. The molecular weight excluding hydrogens is 226 g/mol. The normalized spacial score (nSPS) is 30.3. The molecule has 1 heterocycles. The lowest BCUT2D eigenvalue weighted by molar-refractivity contribution is 0.0729. The summed E-state index contributed by atoms with van der Waals surface area (Å²) in [6.45, 7) is 4.58. The Hall–Kier alpha value is -0.700. The molecule has 0 amide bonds. The van der Waals surface area contributed by atoms with E-state index in [9.17, 15) is 0 Å². The molecule has 0 aromatic carbocycles. The third-order valence-corrected chi connectivity index (χ3v) is 3.76. The van der Waals surface area contributed by atoms with Crippen molar-refractivity contribution in [3.05, 3.63) is 12.0 Å². The monoisotopic (exact) mass is 243 g/mol. The standard InChI is InChI=1S/C12H18ClNO2/c1-8-3-4-11(5-9(8)2)16-12-14-10(6-13)7-15-12/h7-9,11H,3-6H2,1-2H3. The summed E-state index contributed by atoms with van der Waals surface area (Å²) in [6, 6.07) is 0. The minimum atomic E-state index is 0.244. The number of hydrogen-bond acceptors (Lipinski definition) is 3. The highest BCUT2D eigenvalue weighted by atomic mass is 35.5. The summed E-state index contributed by atoms with van der Waals surface area (Å²) in [6.07, 6.45) is 5.55. The van der Waals surface area contributed by atoms with Gasteiger partial charge < -0.3 is 9.15 Å². The summed E-state index contributed by atoms with van der Waals surface area (Å²) < 4.78 is 10.9. The molecule has 16 heavy (non-hydrogen) atoms. The number of hydrogen-bond donors (Lipinski definition) is 0. The number of aromatic nitrogens is 1. The van der Waals surface area contributed by atoms with Crippen LogP contribution in [0.1, 0.15) is 38.8 Å². The Bertz CT molecular complexity index is 340. The van der Waals surface area contributed by atoms with Gasteiger partial charge in [-0.25, -0.2) is 0 Å². The predicted molar refractivity (Wildman–Crippen MR) is 62.7 cm³/mol. The molecule has 0 saturated heterocycles. The fourth-order valence-electron chi connectivity index (χ4n) is 2.15. The largest absolute Gasteiger partial charge is 0.447 e. The van der Waals surface area contributed by atoms with Crippen LogP contribution in [0.3, 0.4) is 0 Å². The molecule has 1 aromatic rings. The molecule has 0 radical (unpaired) electrons. The van der Waals surface area contributed by atoms with E-state index < -0.39 is 0 Å². The van der Waals surface area contributed by atoms with Crippen molar-refractivity contribution in [1.29, 1.82) is 0 Å². The van der Waals surface area contributed by atoms with Gasteiger partial charge in [0.15, 0.2) is 0 Å². The number of nitrogens with zero attached hydrogens (tertiary/aromatic N) is 1. The van der Waals surface area contributed by atoms with E-state index in [-0.39, 0.29) is 6.10 Å². The molecule has 3 unspecified atom stereocenters. The van der Waals surface area contributed by atoms with Crippen LogP contribution in [0.2, 0.25) is 0 Å². The van der Waals surface area contributed by atoms with Gasteiger partial charge in [0.05, 0.1) is 11.6 Å². The van der Waals surface area contributed by atoms with Gasteiger partial charge in [0.1, 0.15) is 12.4 Å². The lowest BCUT2D eigenvalue weighted by Gasteiger charge is -2.31. The summed E-state index contributed by atoms with van der Waals surface area (Å²) in [7, 11) is 0.